The second-order valence-corrected chi connectivity index (χ2v) is 9.62. The third kappa shape index (κ3) is 4.57. The van der Waals surface area contributed by atoms with Gasteiger partial charge in [-0.05, 0) is 66.6 Å². The third-order valence-electron chi connectivity index (χ3n) is 7.13. The standard InChI is InChI=1S/C32H26N2O5/c1-21(35)23-12-16-25(17-13-23)33-31(36)28-29(34(39-30(28)32(33)37)26-10-6-3-7-11-26)24-14-18-27(19-15-24)38-20-22-8-4-2-5-9-22/h2-19,28-30H,20H2,1H3/t28-,29+,30-/m1/s1. The highest BCUT2D eigenvalue weighted by molar-refractivity contribution is 6.24. The maximum absolute atomic E-state index is 13.8. The van der Waals surface area contributed by atoms with Crippen molar-refractivity contribution in [2.45, 2.75) is 25.7 Å². The Hall–Kier alpha value is -4.75. The lowest BCUT2D eigenvalue weighted by Crippen LogP contribution is -2.37. The van der Waals surface area contributed by atoms with Gasteiger partial charge < -0.3 is 4.74 Å². The lowest BCUT2D eigenvalue weighted by atomic mass is 9.90. The van der Waals surface area contributed by atoms with Crippen LogP contribution in [0.15, 0.2) is 109 Å². The van der Waals surface area contributed by atoms with E-state index in [4.69, 9.17) is 9.57 Å². The summed E-state index contributed by atoms with van der Waals surface area (Å²) < 4.78 is 5.95. The highest BCUT2D eigenvalue weighted by atomic mass is 16.7. The normalized spacial score (nSPS) is 20.3. The number of para-hydroxylation sites is 1. The Labute approximate surface area is 226 Å². The van der Waals surface area contributed by atoms with Gasteiger partial charge in [0.25, 0.3) is 5.91 Å². The molecule has 2 aliphatic heterocycles. The predicted octanol–water partition coefficient (Wildman–Crippen LogP) is 5.52. The zero-order chi connectivity index (χ0) is 26.9. The molecule has 0 bridgehead atoms. The lowest BCUT2D eigenvalue weighted by molar-refractivity contribution is -0.126. The summed E-state index contributed by atoms with van der Waals surface area (Å²) in [4.78, 5) is 46.4. The van der Waals surface area contributed by atoms with E-state index in [1.54, 1.807) is 29.3 Å². The Bertz CT molecular complexity index is 1500. The van der Waals surface area contributed by atoms with E-state index in [2.05, 4.69) is 0 Å². The summed E-state index contributed by atoms with van der Waals surface area (Å²) in [5, 5.41) is 1.67. The molecule has 0 aromatic heterocycles. The maximum Gasteiger partial charge on any atom is 0.266 e. The van der Waals surface area contributed by atoms with Crippen LogP contribution in [0.4, 0.5) is 11.4 Å². The minimum atomic E-state index is -0.968. The van der Waals surface area contributed by atoms with E-state index in [1.807, 2.05) is 84.9 Å². The van der Waals surface area contributed by atoms with Crippen LogP contribution in [-0.2, 0) is 21.0 Å². The predicted molar refractivity (Wildman–Crippen MR) is 146 cm³/mol. The zero-order valence-corrected chi connectivity index (χ0v) is 21.3. The number of ether oxygens (including phenoxy) is 1. The summed E-state index contributed by atoms with van der Waals surface area (Å²) in [6.07, 6.45) is -0.968. The Balaban J connectivity index is 1.30. The van der Waals surface area contributed by atoms with E-state index in [-0.39, 0.29) is 11.7 Å². The van der Waals surface area contributed by atoms with Crippen LogP contribution in [0.1, 0.15) is 34.5 Å². The van der Waals surface area contributed by atoms with Gasteiger partial charge in [0, 0.05) is 5.56 Å². The smallest absolute Gasteiger partial charge is 0.266 e. The summed E-state index contributed by atoms with van der Waals surface area (Å²) in [7, 11) is 0. The molecule has 2 aliphatic rings. The van der Waals surface area contributed by atoms with Crippen LogP contribution in [0.5, 0.6) is 5.75 Å². The monoisotopic (exact) mass is 518 g/mol. The topological polar surface area (TPSA) is 76.2 Å². The first-order valence-electron chi connectivity index (χ1n) is 12.8. The molecule has 2 heterocycles. The molecule has 2 amide bonds. The van der Waals surface area contributed by atoms with E-state index in [1.165, 1.54) is 11.8 Å². The van der Waals surface area contributed by atoms with E-state index < -0.39 is 24.0 Å². The lowest BCUT2D eigenvalue weighted by Gasteiger charge is -2.29. The zero-order valence-electron chi connectivity index (χ0n) is 21.3. The number of ketones is 1. The highest BCUT2D eigenvalue weighted by Gasteiger charge is 2.60. The molecule has 2 saturated heterocycles. The average molecular weight is 519 g/mol. The summed E-state index contributed by atoms with van der Waals surface area (Å²) in [6.45, 7) is 1.91. The first-order valence-corrected chi connectivity index (χ1v) is 12.8. The Morgan fingerprint density at radius 3 is 2.05 bits per heavy atom. The minimum absolute atomic E-state index is 0.0874. The molecule has 4 aromatic rings. The second-order valence-electron chi connectivity index (χ2n) is 9.62. The van der Waals surface area contributed by atoms with Crippen LogP contribution in [0.2, 0.25) is 0 Å². The average Bonchev–Trinajstić information content (AvgIpc) is 3.49. The van der Waals surface area contributed by atoms with Gasteiger partial charge in [-0.3, -0.25) is 19.2 Å². The number of hydrogen-bond donors (Lipinski definition) is 0. The molecule has 0 spiro atoms. The van der Waals surface area contributed by atoms with Crippen LogP contribution in [0.3, 0.4) is 0 Å². The van der Waals surface area contributed by atoms with Crippen LogP contribution < -0.4 is 14.7 Å². The molecule has 0 unspecified atom stereocenters. The first-order chi connectivity index (χ1) is 19.0. The van der Waals surface area contributed by atoms with Crippen molar-refractivity contribution in [2.24, 2.45) is 5.92 Å². The SMILES string of the molecule is CC(=O)c1ccc(N2C(=O)[C@H]3[C@@H](ON(c4ccccc4)[C@H]3c3ccc(OCc4ccccc4)cc3)C2=O)cc1. The molecule has 194 valence electrons. The number of hydrogen-bond acceptors (Lipinski definition) is 6. The van der Waals surface area contributed by atoms with Crippen molar-refractivity contribution >= 4 is 29.0 Å². The van der Waals surface area contributed by atoms with Gasteiger partial charge in [-0.15, -0.1) is 0 Å². The molecule has 0 aliphatic carbocycles. The number of imide groups is 1. The number of benzene rings is 4. The molecule has 3 atom stereocenters. The fourth-order valence-corrected chi connectivity index (χ4v) is 5.15. The van der Waals surface area contributed by atoms with Gasteiger partial charge >= 0.3 is 0 Å². The van der Waals surface area contributed by atoms with Crippen LogP contribution in [0.25, 0.3) is 0 Å². The molecule has 7 nitrogen and oxygen atoms in total. The van der Waals surface area contributed by atoms with E-state index in [9.17, 15) is 14.4 Å². The summed E-state index contributed by atoms with van der Waals surface area (Å²) in [6, 6.07) is 32.9. The maximum atomic E-state index is 13.8. The molecule has 6 rings (SSSR count). The van der Waals surface area contributed by atoms with Gasteiger partial charge in [0.15, 0.2) is 11.9 Å². The van der Waals surface area contributed by atoms with Gasteiger partial charge in [-0.2, -0.15) is 0 Å². The van der Waals surface area contributed by atoms with Crippen molar-refractivity contribution in [3.63, 3.8) is 0 Å². The number of amides is 2. The molecule has 2 fully saturated rings. The molecule has 39 heavy (non-hydrogen) atoms. The van der Waals surface area contributed by atoms with Gasteiger partial charge in [0.2, 0.25) is 5.91 Å². The molecule has 0 saturated carbocycles. The van der Waals surface area contributed by atoms with Crippen molar-refractivity contribution in [1.82, 2.24) is 0 Å². The number of nitrogens with zero attached hydrogens (tertiary/aromatic N) is 2. The van der Waals surface area contributed by atoms with E-state index in [0.717, 1.165) is 16.8 Å². The van der Waals surface area contributed by atoms with Crippen molar-refractivity contribution in [1.29, 1.82) is 0 Å². The van der Waals surface area contributed by atoms with Crippen LogP contribution in [0, 0.1) is 5.92 Å². The largest absolute Gasteiger partial charge is 0.489 e. The van der Waals surface area contributed by atoms with Gasteiger partial charge in [0.1, 0.15) is 18.3 Å². The highest BCUT2D eigenvalue weighted by Crippen LogP contribution is 2.47. The van der Waals surface area contributed by atoms with Gasteiger partial charge in [-0.1, -0.05) is 60.7 Å². The summed E-state index contributed by atoms with van der Waals surface area (Å²) in [5.41, 5.74) is 3.57. The molecule has 7 heteroatoms. The minimum Gasteiger partial charge on any atom is -0.489 e. The van der Waals surface area contributed by atoms with Crippen molar-refractivity contribution in [3.05, 3.63) is 126 Å². The second kappa shape index (κ2) is 10.2. The molecule has 0 radical (unpaired) electrons. The third-order valence-corrected chi connectivity index (χ3v) is 7.13. The number of hydroxylamine groups is 1. The number of carbonyl (C=O) groups excluding carboxylic acids is 3. The fourth-order valence-electron chi connectivity index (χ4n) is 5.15. The Kier molecular flexibility index (Phi) is 6.42. The Morgan fingerprint density at radius 2 is 1.41 bits per heavy atom. The number of anilines is 2. The number of rotatable bonds is 7. The first kappa shape index (κ1) is 24.6. The number of Topliss-reactive ketones (excluding diaryl/α,β-unsaturated/α-hetero) is 1. The van der Waals surface area contributed by atoms with Crippen molar-refractivity contribution < 1.29 is 24.0 Å². The van der Waals surface area contributed by atoms with Crippen LogP contribution in [-0.4, -0.2) is 23.7 Å². The van der Waals surface area contributed by atoms with Gasteiger partial charge in [0.05, 0.1) is 17.4 Å². The quantitative estimate of drug-likeness (QED) is 0.237. The summed E-state index contributed by atoms with van der Waals surface area (Å²) in [5.74, 6) is -0.901. The molecular weight excluding hydrogens is 492 g/mol. The Morgan fingerprint density at radius 1 is 0.769 bits per heavy atom. The van der Waals surface area contributed by atoms with E-state index in [0.29, 0.717) is 23.6 Å². The van der Waals surface area contributed by atoms with Crippen molar-refractivity contribution in [3.8, 4) is 5.75 Å². The van der Waals surface area contributed by atoms with Crippen molar-refractivity contribution in [2.75, 3.05) is 9.96 Å². The van der Waals surface area contributed by atoms with Gasteiger partial charge in [-0.25, -0.2) is 9.96 Å². The fraction of sp³-hybridized carbons (Fsp3) is 0.156. The van der Waals surface area contributed by atoms with E-state index >= 15 is 0 Å². The molecule has 0 N–H and O–H groups in total. The van der Waals surface area contributed by atoms with Crippen LogP contribution >= 0.6 is 0 Å². The summed E-state index contributed by atoms with van der Waals surface area (Å²) >= 11 is 0. The molecule has 4 aromatic carbocycles. The number of carbonyl (C=O) groups is 3. The molecular formula is C32H26N2O5. The number of fused-ring (bicyclic) bond motifs is 1.